The van der Waals surface area contributed by atoms with E-state index in [1.807, 2.05) is 4.68 Å². The highest BCUT2D eigenvalue weighted by molar-refractivity contribution is 7.71. The van der Waals surface area contributed by atoms with E-state index >= 15 is 0 Å². The van der Waals surface area contributed by atoms with Gasteiger partial charge in [-0.2, -0.15) is 0 Å². The number of hydrogen-bond acceptors (Lipinski definition) is 5. The number of hydrogen-bond donors (Lipinski definition) is 0. The Morgan fingerprint density at radius 2 is 1.89 bits per heavy atom. The first-order valence-corrected chi connectivity index (χ1v) is 10.1. The van der Waals surface area contributed by atoms with Crippen molar-refractivity contribution in [3.05, 3.63) is 46.7 Å². The molecule has 1 fully saturated rings. The van der Waals surface area contributed by atoms with E-state index in [4.69, 9.17) is 22.1 Å². The second-order valence-corrected chi connectivity index (χ2v) is 7.35. The number of nitrogens with zero attached hydrogens (tertiary/aromatic N) is 5. The molecule has 0 unspecified atom stereocenters. The summed E-state index contributed by atoms with van der Waals surface area (Å²) in [4.78, 5) is 4.68. The van der Waals surface area contributed by atoms with Crippen LogP contribution >= 0.6 is 12.2 Å². The quantitative estimate of drug-likeness (QED) is 0.740. The predicted octanol–water partition coefficient (Wildman–Crippen LogP) is 3.02. The molecule has 0 spiro atoms. The van der Waals surface area contributed by atoms with Crippen LogP contribution < -0.4 is 4.90 Å². The normalized spacial score (nSPS) is 18.6. The van der Waals surface area contributed by atoms with Gasteiger partial charge in [0.15, 0.2) is 0 Å². The first kappa shape index (κ1) is 18.4. The summed E-state index contributed by atoms with van der Waals surface area (Å²) in [5, 5.41) is 4.86. The van der Waals surface area contributed by atoms with Crippen molar-refractivity contribution in [3.8, 4) is 0 Å². The summed E-state index contributed by atoms with van der Waals surface area (Å²) in [5.74, 6) is 0.975. The number of ether oxygens (including phenoxy) is 1. The fourth-order valence-electron chi connectivity index (χ4n) is 3.74. The molecule has 6 nitrogen and oxygen atoms in total. The maximum absolute atomic E-state index is 5.71. The lowest BCUT2D eigenvalue weighted by molar-refractivity contribution is 0.121. The van der Waals surface area contributed by atoms with E-state index in [2.05, 4.69) is 57.7 Å². The van der Waals surface area contributed by atoms with Crippen molar-refractivity contribution in [3.63, 3.8) is 0 Å². The Bertz CT molecular complexity index is 851. The van der Waals surface area contributed by atoms with E-state index in [0.717, 1.165) is 69.7 Å². The van der Waals surface area contributed by atoms with Gasteiger partial charge in [-0.25, -0.2) is 4.68 Å². The zero-order chi connectivity index (χ0) is 18.6. The highest BCUT2D eigenvalue weighted by atomic mass is 32.1. The van der Waals surface area contributed by atoms with Crippen molar-refractivity contribution in [2.45, 2.75) is 26.6 Å². The third-order valence-corrected chi connectivity index (χ3v) is 5.72. The number of morpholine rings is 1. The van der Waals surface area contributed by atoms with Gasteiger partial charge in [0.2, 0.25) is 10.7 Å². The van der Waals surface area contributed by atoms with E-state index in [1.54, 1.807) is 0 Å². The molecule has 0 atom stereocenters. The monoisotopic (exact) mass is 385 g/mol. The predicted molar refractivity (Wildman–Crippen MR) is 110 cm³/mol. The van der Waals surface area contributed by atoms with Crippen molar-refractivity contribution in [2.24, 2.45) is 0 Å². The summed E-state index contributed by atoms with van der Waals surface area (Å²) in [7, 11) is 0. The Balaban J connectivity index is 1.48. The standard InChI is InChI=1S/C20H27N5OS/c1-2-24-19(23-12-14-26-15-13-23)21-25(20(24)27)16-22-10-8-18(9-11-22)17-6-4-3-5-7-17/h3-8H,2,9-16H2,1H3. The fourth-order valence-corrected chi connectivity index (χ4v) is 4.05. The molecular weight excluding hydrogens is 358 g/mol. The molecule has 1 aromatic heterocycles. The topological polar surface area (TPSA) is 38.5 Å². The molecule has 0 amide bonds. The summed E-state index contributed by atoms with van der Waals surface area (Å²) in [6.07, 6.45) is 3.39. The summed E-state index contributed by atoms with van der Waals surface area (Å²) in [6.45, 7) is 8.90. The lowest BCUT2D eigenvalue weighted by Gasteiger charge is -2.27. The van der Waals surface area contributed by atoms with Gasteiger partial charge < -0.3 is 9.64 Å². The van der Waals surface area contributed by atoms with E-state index in [0.29, 0.717) is 0 Å². The Kier molecular flexibility index (Phi) is 5.71. The maximum Gasteiger partial charge on any atom is 0.226 e. The maximum atomic E-state index is 5.71. The molecule has 0 N–H and O–H groups in total. The summed E-state index contributed by atoms with van der Waals surface area (Å²) in [5.41, 5.74) is 2.77. The average molecular weight is 386 g/mol. The molecule has 2 aliphatic heterocycles. The minimum atomic E-state index is 0.738. The Morgan fingerprint density at radius 3 is 2.56 bits per heavy atom. The van der Waals surface area contributed by atoms with Gasteiger partial charge in [-0.15, -0.1) is 5.10 Å². The van der Waals surface area contributed by atoms with Crippen molar-refractivity contribution < 1.29 is 4.74 Å². The average Bonchev–Trinajstić information content (AvgIpc) is 3.05. The largest absolute Gasteiger partial charge is 0.378 e. The second kappa shape index (κ2) is 8.37. The van der Waals surface area contributed by atoms with Crippen molar-refractivity contribution in [2.75, 3.05) is 44.3 Å². The molecule has 144 valence electrons. The van der Waals surface area contributed by atoms with E-state index in [1.165, 1.54) is 11.1 Å². The molecule has 0 saturated carbocycles. The van der Waals surface area contributed by atoms with Gasteiger partial charge in [-0.05, 0) is 36.7 Å². The molecule has 1 aromatic carbocycles. The van der Waals surface area contributed by atoms with Crippen LogP contribution in [0.5, 0.6) is 0 Å². The van der Waals surface area contributed by atoms with Gasteiger partial charge in [-0.3, -0.25) is 9.47 Å². The van der Waals surface area contributed by atoms with E-state index < -0.39 is 0 Å². The lowest BCUT2D eigenvalue weighted by Crippen LogP contribution is -2.38. The molecule has 7 heteroatoms. The summed E-state index contributed by atoms with van der Waals surface area (Å²) < 4.78 is 10.4. The van der Waals surface area contributed by atoms with Crippen LogP contribution in [0.2, 0.25) is 0 Å². The van der Waals surface area contributed by atoms with Crippen LogP contribution in [0.3, 0.4) is 0 Å². The zero-order valence-corrected chi connectivity index (χ0v) is 16.7. The third kappa shape index (κ3) is 4.00. The SMILES string of the molecule is CCn1c(N2CCOCC2)nn(CN2CC=C(c3ccccc3)CC2)c1=S. The lowest BCUT2D eigenvalue weighted by atomic mass is 10.00. The number of anilines is 1. The Hall–Kier alpha value is -1.96. The summed E-state index contributed by atoms with van der Waals surface area (Å²) >= 11 is 5.71. The van der Waals surface area contributed by atoms with Crippen LogP contribution in [0.4, 0.5) is 5.95 Å². The molecule has 1 saturated heterocycles. The van der Waals surface area contributed by atoms with Crippen LogP contribution in [0, 0.1) is 4.77 Å². The first-order valence-electron chi connectivity index (χ1n) is 9.73. The van der Waals surface area contributed by atoms with Crippen LogP contribution in [-0.2, 0) is 18.0 Å². The number of rotatable bonds is 5. The zero-order valence-electron chi connectivity index (χ0n) is 15.9. The van der Waals surface area contributed by atoms with Gasteiger partial charge in [-0.1, -0.05) is 36.4 Å². The van der Waals surface area contributed by atoms with Crippen molar-refractivity contribution in [1.82, 2.24) is 19.2 Å². The first-order chi connectivity index (χ1) is 13.3. The molecule has 4 rings (SSSR count). The highest BCUT2D eigenvalue weighted by Crippen LogP contribution is 2.22. The highest BCUT2D eigenvalue weighted by Gasteiger charge is 2.20. The Morgan fingerprint density at radius 1 is 1.11 bits per heavy atom. The third-order valence-electron chi connectivity index (χ3n) is 5.29. The fraction of sp³-hybridized carbons (Fsp3) is 0.500. The van der Waals surface area contributed by atoms with E-state index in [-0.39, 0.29) is 0 Å². The molecule has 0 bridgehead atoms. The Labute approximate surface area is 165 Å². The van der Waals surface area contributed by atoms with E-state index in [9.17, 15) is 0 Å². The molecular formula is C20H27N5OS. The molecule has 0 aliphatic carbocycles. The molecule has 0 radical (unpaired) electrons. The second-order valence-electron chi connectivity index (χ2n) is 6.99. The van der Waals surface area contributed by atoms with Gasteiger partial charge in [0.05, 0.1) is 19.9 Å². The number of aromatic nitrogens is 3. The minimum absolute atomic E-state index is 0.738. The van der Waals surface area contributed by atoms with Crippen molar-refractivity contribution >= 4 is 23.7 Å². The van der Waals surface area contributed by atoms with Crippen LogP contribution in [0.15, 0.2) is 36.4 Å². The minimum Gasteiger partial charge on any atom is -0.378 e. The molecule has 2 aromatic rings. The molecule has 3 heterocycles. The van der Waals surface area contributed by atoms with Crippen LogP contribution in [0.25, 0.3) is 5.57 Å². The molecule has 2 aliphatic rings. The molecule has 27 heavy (non-hydrogen) atoms. The number of benzene rings is 1. The van der Waals surface area contributed by atoms with Crippen LogP contribution in [0.1, 0.15) is 18.9 Å². The van der Waals surface area contributed by atoms with Gasteiger partial charge in [0, 0.05) is 32.7 Å². The van der Waals surface area contributed by atoms with Crippen LogP contribution in [-0.4, -0.2) is 58.6 Å². The van der Waals surface area contributed by atoms with Gasteiger partial charge >= 0.3 is 0 Å². The van der Waals surface area contributed by atoms with Gasteiger partial charge in [0.25, 0.3) is 0 Å². The summed E-state index contributed by atoms with van der Waals surface area (Å²) in [6, 6.07) is 10.7. The van der Waals surface area contributed by atoms with Crippen molar-refractivity contribution in [1.29, 1.82) is 0 Å². The van der Waals surface area contributed by atoms with Gasteiger partial charge in [0.1, 0.15) is 0 Å². The smallest absolute Gasteiger partial charge is 0.226 e.